The first-order chi connectivity index (χ1) is 9.33. The third-order valence-corrected chi connectivity index (χ3v) is 3.69. The highest BCUT2D eigenvalue weighted by atomic mass is 32.1. The number of aromatic nitrogens is 2. The lowest BCUT2D eigenvalue weighted by atomic mass is 10.1. The molecule has 0 spiro atoms. The molecule has 2 aromatic rings. The minimum atomic E-state index is -0.0533. The predicted octanol–water partition coefficient (Wildman–Crippen LogP) is 1.90. The van der Waals surface area contributed by atoms with Gasteiger partial charge in [-0.15, -0.1) is 5.10 Å². The Bertz CT molecular complexity index is 547. The van der Waals surface area contributed by atoms with Crippen molar-refractivity contribution >= 4 is 23.1 Å². The molecule has 0 bridgehead atoms. The van der Waals surface area contributed by atoms with Gasteiger partial charge in [-0.1, -0.05) is 16.6 Å². The van der Waals surface area contributed by atoms with Gasteiger partial charge in [0.15, 0.2) is 0 Å². The lowest BCUT2D eigenvalue weighted by molar-refractivity contribution is -0.117. The lowest BCUT2D eigenvalue weighted by Crippen LogP contribution is -2.35. The van der Waals surface area contributed by atoms with Crippen LogP contribution in [-0.2, 0) is 4.79 Å². The zero-order valence-corrected chi connectivity index (χ0v) is 11.1. The van der Waals surface area contributed by atoms with Crippen LogP contribution in [0.3, 0.4) is 0 Å². The monoisotopic (exact) mass is 274 g/mol. The van der Waals surface area contributed by atoms with E-state index in [2.05, 4.69) is 20.2 Å². The summed E-state index contributed by atoms with van der Waals surface area (Å²) in [5.41, 5.74) is 2.68. The Balaban J connectivity index is 1.67. The van der Waals surface area contributed by atoms with E-state index in [1.54, 1.807) is 0 Å². The molecule has 5 nitrogen and oxygen atoms in total. The van der Waals surface area contributed by atoms with Gasteiger partial charge in [-0.25, -0.2) is 0 Å². The maximum Gasteiger partial charge on any atom is 0.241 e. The fraction of sp³-hybridized carbons (Fsp3) is 0.308. The number of hydrogen-bond acceptors (Lipinski definition) is 5. The molecule has 1 aliphatic rings. The SMILES string of the molecule is O=C(Nc1ccc(-c2csnn2)cc1)C1CCCN1. The second kappa shape index (κ2) is 5.46. The van der Waals surface area contributed by atoms with Gasteiger partial charge >= 0.3 is 0 Å². The third-order valence-electron chi connectivity index (χ3n) is 3.19. The first kappa shape index (κ1) is 12.3. The number of hydrogen-bond donors (Lipinski definition) is 2. The Morgan fingerprint density at radius 1 is 1.37 bits per heavy atom. The van der Waals surface area contributed by atoms with E-state index < -0.39 is 0 Å². The van der Waals surface area contributed by atoms with E-state index >= 15 is 0 Å². The van der Waals surface area contributed by atoms with Gasteiger partial charge in [-0.05, 0) is 43.1 Å². The van der Waals surface area contributed by atoms with E-state index in [9.17, 15) is 4.79 Å². The number of anilines is 1. The van der Waals surface area contributed by atoms with Crippen LogP contribution in [-0.4, -0.2) is 28.1 Å². The standard InChI is InChI=1S/C13H14N4OS/c18-13(11-2-1-7-14-11)15-10-5-3-9(4-6-10)12-8-19-17-16-12/h3-6,8,11,14H,1-2,7H2,(H,15,18). The van der Waals surface area contributed by atoms with E-state index in [0.29, 0.717) is 0 Å². The molecule has 1 aliphatic heterocycles. The molecule has 2 N–H and O–H groups in total. The fourth-order valence-electron chi connectivity index (χ4n) is 2.15. The van der Waals surface area contributed by atoms with Crippen molar-refractivity contribution < 1.29 is 4.79 Å². The molecule has 1 amide bonds. The molecule has 0 radical (unpaired) electrons. The van der Waals surface area contributed by atoms with Gasteiger partial charge in [0.2, 0.25) is 5.91 Å². The van der Waals surface area contributed by atoms with E-state index in [0.717, 1.165) is 36.3 Å². The van der Waals surface area contributed by atoms with Crippen LogP contribution in [0.1, 0.15) is 12.8 Å². The van der Waals surface area contributed by atoms with Crippen LogP contribution in [0, 0.1) is 0 Å². The largest absolute Gasteiger partial charge is 0.325 e. The van der Waals surface area contributed by atoms with Crippen LogP contribution in [0.15, 0.2) is 29.6 Å². The molecule has 1 aromatic heterocycles. The maximum atomic E-state index is 11.9. The summed E-state index contributed by atoms with van der Waals surface area (Å²) in [6, 6.07) is 7.61. The van der Waals surface area contributed by atoms with Crippen molar-refractivity contribution in [2.24, 2.45) is 0 Å². The third kappa shape index (κ3) is 2.80. The van der Waals surface area contributed by atoms with Crippen molar-refractivity contribution in [1.29, 1.82) is 0 Å². The molecule has 1 atom stereocenters. The average molecular weight is 274 g/mol. The fourth-order valence-corrected chi connectivity index (χ4v) is 2.62. The minimum Gasteiger partial charge on any atom is -0.325 e. The lowest BCUT2D eigenvalue weighted by Gasteiger charge is -2.11. The molecule has 2 heterocycles. The van der Waals surface area contributed by atoms with Crippen LogP contribution in [0.25, 0.3) is 11.3 Å². The van der Waals surface area contributed by atoms with Crippen molar-refractivity contribution in [3.63, 3.8) is 0 Å². The molecule has 1 unspecified atom stereocenters. The quantitative estimate of drug-likeness (QED) is 0.897. The molecule has 0 saturated carbocycles. The van der Waals surface area contributed by atoms with Gasteiger partial charge in [0.1, 0.15) is 5.69 Å². The van der Waals surface area contributed by atoms with Crippen molar-refractivity contribution in [2.45, 2.75) is 18.9 Å². The normalized spacial score (nSPS) is 18.4. The van der Waals surface area contributed by atoms with E-state index in [1.807, 2.05) is 29.6 Å². The number of rotatable bonds is 3. The van der Waals surface area contributed by atoms with E-state index in [-0.39, 0.29) is 11.9 Å². The highest BCUT2D eigenvalue weighted by Crippen LogP contribution is 2.20. The summed E-state index contributed by atoms with van der Waals surface area (Å²) in [7, 11) is 0. The molecule has 1 aromatic carbocycles. The van der Waals surface area contributed by atoms with Crippen molar-refractivity contribution in [3.05, 3.63) is 29.6 Å². The first-order valence-electron chi connectivity index (χ1n) is 6.25. The van der Waals surface area contributed by atoms with Crippen LogP contribution < -0.4 is 10.6 Å². The van der Waals surface area contributed by atoms with Gasteiger partial charge in [0.25, 0.3) is 0 Å². The zero-order valence-electron chi connectivity index (χ0n) is 10.3. The zero-order chi connectivity index (χ0) is 13.1. The van der Waals surface area contributed by atoms with Crippen molar-refractivity contribution in [2.75, 3.05) is 11.9 Å². The highest BCUT2D eigenvalue weighted by Gasteiger charge is 2.21. The number of nitrogens with zero attached hydrogens (tertiary/aromatic N) is 2. The molecule has 6 heteroatoms. The Morgan fingerprint density at radius 3 is 2.84 bits per heavy atom. The Kier molecular flexibility index (Phi) is 3.52. The topological polar surface area (TPSA) is 66.9 Å². The molecule has 1 fully saturated rings. The van der Waals surface area contributed by atoms with Crippen molar-refractivity contribution in [1.82, 2.24) is 14.9 Å². The van der Waals surface area contributed by atoms with E-state index in [1.165, 1.54) is 11.5 Å². The first-order valence-corrected chi connectivity index (χ1v) is 7.08. The molecular weight excluding hydrogens is 260 g/mol. The maximum absolute atomic E-state index is 11.9. The summed E-state index contributed by atoms with van der Waals surface area (Å²) >= 11 is 1.33. The minimum absolute atomic E-state index is 0.0422. The summed E-state index contributed by atoms with van der Waals surface area (Å²) in [6.45, 7) is 0.924. The van der Waals surface area contributed by atoms with Crippen LogP contribution >= 0.6 is 11.5 Å². The van der Waals surface area contributed by atoms with Crippen LogP contribution in [0.4, 0.5) is 5.69 Å². The summed E-state index contributed by atoms with van der Waals surface area (Å²) in [6.07, 6.45) is 1.97. The summed E-state index contributed by atoms with van der Waals surface area (Å²) in [5, 5.41) is 12.0. The summed E-state index contributed by atoms with van der Waals surface area (Å²) in [4.78, 5) is 11.9. The van der Waals surface area contributed by atoms with Crippen molar-refractivity contribution in [3.8, 4) is 11.3 Å². The Hall–Kier alpha value is -1.79. The highest BCUT2D eigenvalue weighted by molar-refractivity contribution is 7.03. The summed E-state index contributed by atoms with van der Waals surface area (Å²) < 4.78 is 3.84. The second-order valence-electron chi connectivity index (χ2n) is 4.51. The molecule has 19 heavy (non-hydrogen) atoms. The molecular formula is C13H14N4OS. The molecule has 98 valence electrons. The average Bonchev–Trinajstić information content (AvgIpc) is 3.13. The van der Waals surface area contributed by atoms with Gasteiger partial charge in [0, 0.05) is 16.6 Å². The molecule has 3 rings (SSSR count). The van der Waals surface area contributed by atoms with Crippen LogP contribution in [0.2, 0.25) is 0 Å². The Morgan fingerprint density at radius 2 is 2.21 bits per heavy atom. The van der Waals surface area contributed by atoms with Gasteiger partial charge in [0.05, 0.1) is 6.04 Å². The number of carbonyl (C=O) groups excluding carboxylic acids is 1. The van der Waals surface area contributed by atoms with E-state index in [4.69, 9.17) is 0 Å². The number of nitrogens with one attached hydrogen (secondary N) is 2. The number of amides is 1. The Labute approximate surface area is 115 Å². The van der Waals surface area contributed by atoms with Gasteiger partial charge in [-0.2, -0.15) is 0 Å². The summed E-state index contributed by atoms with van der Waals surface area (Å²) in [5.74, 6) is 0.0422. The molecule has 1 saturated heterocycles. The van der Waals surface area contributed by atoms with Gasteiger partial charge < -0.3 is 10.6 Å². The molecule has 0 aliphatic carbocycles. The second-order valence-corrected chi connectivity index (χ2v) is 5.12. The predicted molar refractivity (Wildman–Crippen MR) is 75.0 cm³/mol. The number of carbonyl (C=O) groups is 1. The van der Waals surface area contributed by atoms with Gasteiger partial charge in [-0.3, -0.25) is 4.79 Å². The number of benzene rings is 1. The van der Waals surface area contributed by atoms with Crippen LogP contribution in [0.5, 0.6) is 0 Å². The smallest absolute Gasteiger partial charge is 0.241 e.